The van der Waals surface area contributed by atoms with Crippen LogP contribution in [0.1, 0.15) is 18.4 Å². The standard InChI is InChI=1S/C17H23F2N3O3/c1-21(2)17(24)22-6-4-5-12(10-22)16(23)20-9-11-7-13(18)15(25-3)14(19)8-11/h7-8,12H,4-6,9-10H2,1-3H3,(H,20,23)/t12-/m1/s1. The molecule has 1 heterocycles. The van der Waals surface area contributed by atoms with Gasteiger partial charge < -0.3 is 19.9 Å². The highest BCUT2D eigenvalue weighted by Crippen LogP contribution is 2.23. The van der Waals surface area contributed by atoms with Gasteiger partial charge in [-0.25, -0.2) is 13.6 Å². The zero-order valence-corrected chi connectivity index (χ0v) is 14.6. The summed E-state index contributed by atoms with van der Waals surface area (Å²) >= 11 is 0. The number of benzene rings is 1. The quantitative estimate of drug-likeness (QED) is 0.898. The summed E-state index contributed by atoms with van der Waals surface area (Å²) in [5.74, 6) is -2.63. The molecule has 25 heavy (non-hydrogen) atoms. The van der Waals surface area contributed by atoms with E-state index < -0.39 is 17.4 Å². The van der Waals surface area contributed by atoms with Gasteiger partial charge >= 0.3 is 6.03 Å². The van der Waals surface area contributed by atoms with Crippen molar-refractivity contribution in [3.05, 3.63) is 29.3 Å². The number of nitrogens with zero attached hydrogens (tertiary/aromatic N) is 2. The summed E-state index contributed by atoms with van der Waals surface area (Å²) < 4.78 is 32.0. The Kier molecular flexibility index (Phi) is 6.17. The van der Waals surface area contributed by atoms with E-state index in [1.165, 1.54) is 12.0 Å². The van der Waals surface area contributed by atoms with E-state index in [2.05, 4.69) is 10.1 Å². The van der Waals surface area contributed by atoms with Gasteiger partial charge in [0.2, 0.25) is 5.91 Å². The third kappa shape index (κ3) is 4.58. The molecule has 0 unspecified atom stereocenters. The molecule has 1 aliphatic rings. The van der Waals surface area contributed by atoms with Crippen LogP contribution in [0.15, 0.2) is 12.1 Å². The third-order valence-electron chi connectivity index (χ3n) is 4.17. The summed E-state index contributed by atoms with van der Waals surface area (Å²) in [7, 11) is 4.52. The minimum atomic E-state index is -0.813. The summed E-state index contributed by atoms with van der Waals surface area (Å²) in [6, 6.07) is 2.13. The smallest absolute Gasteiger partial charge is 0.319 e. The largest absolute Gasteiger partial charge is 0.491 e. The second kappa shape index (κ2) is 8.13. The topological polar surface area (TPSA) is 61.9 Å². The molecule has 8 heteroatoms. The Morgan fingerprint density at radius 1 is 1.32 bits per heavy atom. The van der Waals surface area contributed by atoms with Crippen LogP contribution in [0.2, 0.25) is 0 Å². The van der Waals surface area contributed by atoms with Crippen LogP contribution in [0.3, 0.4) is 0 Å². The lowest BCUT2D eigenvalue weighted by atomic mass is 9.97. The number of hydrogen-bond acceptors (Lipinski definition) is 3. The predicted octanol–water partition coefficient (Wildman–Crippen LogP) is 1.98. The Morgan fingerprint density at radius 2 is 1.96 bits per heavy atom. The van der Waals surface area contributed by atoms with Gasteiger partial charge in [0.15, 0.2) is 17.4 Å². The molecule has 1 aromatic rings. The molecule has 1 saturated heterocycles. The molecule has 0 bridgehead atoms. The third-order valence-corrected chi connectivity index (χ3v) is 4.17. The molecule has 0 aliphatic carbocycles. The van der Waals surface area contributed by atoms with Crippen LogP contribution in [0.25, 0.3) is 0 Å². The number of nitrogens with one attached hydrogen (secondary N) is 1. The molecule has 0 saturated carbocycles. The fourth-order valence-electron chi connectivity index (χ4n) is 2.89. The monoisotopic (exact) mass is 355 g/mol. The molecule has 3 amide bonds. The minimum Gasteiger partial charge on any atom is -0.491 e. The van der Waals surface area contributed by atoms with Gasteiger partial charge in [-0.15, -0.1) is 0 Å². The number of carbonyl (C=O) groups excluding carboxylic acids is 2. The van der Waals surface area contributed by atoms with E-state index in [0.717, 1.165) is 18.6 Å². The number of halogens is 2. The van der Waals surface area contributed by atoms with Gasteiger partial charge in [0, 0.05) is 33.7 Å². The molecule has 0 aromatic heterocycles. The number of rotatable bonds is 4. The Bertz CT molecular complexity index is 629. The first-order chi connectivity index (χ1) is 11.8. The van der Waals surface area contributed by atoms with Crippen LogP contribution >= 0.6 is 0 Å². The first kappa shape index (κ1) is 19.0. The van der Waals surface area contributed by atoms with Gasteiger partial charge in [0.1, 0.15) is 0 Å². The highest BCUT2D eigenvalue weighted by Gasteiger charge is 2.29. The molecule has 2 rings (SSSR count). The average Bonchev–Trinajstić information content (AvgIpc) is 2.58. The number of likely N-dealkylation sites (tertiary alicyclic amines) is 1. The molecule has 1 aromatic carbocycles. The van der Waals surface area contributed by atoms with Gasteiger partial charge in [0.25, 0.3) is 0 Å². The number of ether oxygens (including phenoxy) is 1. The fraction of sp³-hybridized carbons (Fsp3) is 0.529. The molecule has 138 valence electrons. The Labute approximate surface area is 145 Å². The highest BCUT2D eigenvalue weighted by molar-refractivity contribution is 5.80. The van der Waals surface area contributed by atoms with E-state index >= 15 is 0 Å². The summed E-state index contributed by atoms with van der Waals surface area (Å²) in [4.78, 5) is 27.4. The van der Waals surface area contributed by atoms with Crippen LogP contribution in [-0.2, 0) is 11.3 Å². The zero-order valence-electron chi connectivity index (χ0n) is 14.6. The normalized spacial score (nSPS) is 17.2. The van der Waals surface area contributed by atoms with Crippen molar-refractivity contribution in [3.63, 3.8) is 0 Å². The highest BCUT2D eigenvalue weighted by atomic mass is 19.1. The van der Waals surface area contributed by atoms with Gasteiger partial charge in [-0.2, -0.15) is 0 Å². The van der Waals surface area contributed by atoms with Gasteiger partial charge in [-0.05, 0) is 30.5 Å². The van der Waals surface area contributed by atoms with Gasteiger partial charge in [-0.1, -0.05) is 0 Å². The Hall–Kier alpha value is -2.38. The lowest BCUT2D eigenvalue weighted by Gasteiger charge is -2.33. The number of piperidine rings is 1. The van der Waals surface area contributed by atoms with Crippen LogP contribution in [0.5, 0.6) is 5.75 Å². The summed E-state index contributed by atoms with van der Waals surface area (Å²) in [6.07, 6.45) is 1.41. The number of hydrogen-bond donors (Lipinski definition) is 1. The first-order valence-electron chi connectivity index (χ1n) is 8.09. The molecule has 0 spiro atoms. The average molecular weight is 355 g/mol. The van der Waals surface area contributed by atoms with Crippen molar-refractivity contribution in [2.24, 2.45) is 5.92 Å². The lowest BCUT2D eigenvalue weighted by molar-refractivity contribution is -0.126. The van der Waals surface area contributed by atoms with E-state index in [1.807, 2.05) is 0 Å². The molecule has 1 fully saturated rings. The van der Waals surface area contributed by atoms with Crippen LogP contribution in [0, 0.1) is 17.6 Å². The first-order valence-corrected chi connectivity index (χ1v) is 8.09. The van der Waals surface area contributed by atoms with Gasteiger partial charge in [-0.3, -0.25) is 4.79 Å². The van der Waals surface area contributed by atoms with E-state index in [9.17, 15) is 18.4 Å². The maximum Gasteiger partial charge on any atom is 0.319 e. The molecule has 1 N–H and O–H groups in total. The summed E-state index contributed by atoms with van der Waals surface area (Å²) in [5.41, 5.74) is 0.307. The predicted molar refractivity (Wildman–Crippen MR) is 88.1 cm³/mol. The SMILES string of the molecule is COc1c(F)cc(CNC(=O)[C@@H]2CCCN(C(=O)N(C)C)C2)cc1F. The second-order valence-corrected chi connectivity index (χ2v) is 6.27. The van der Waals surface area contributed by atoms with E-state index in [1.54, 1.807) is 19.0 Å². The summed E-state index contributed by atoms with van der Waals surface area (Å²) in [5, 5.41) is 2.68. The minimum absolute atomic E-state index is 0.00872. The number of methoxy groups -OCH3 is 1. The number of amides is 3. The zero-order chi connectivity index (χ0) is 18.6. The molecule has 1 aliphatic heterocycles. The number of urea groups is 1. The van der Waals surface area contributed by atoms with Crippen molar-refractivity contribution in [1.82, 2.24) is 15.1 Å². The van der Waals surface area contributed by atoms with Crippen molar-refractivity contribution < 1.29 is 23.1 Å². The van der Waals surface area contributed by atoms with E-state index in [-0.39, 0.29) is 24.4 Å². The Morgan fingerprint density at radius 3 is 2.52 bits per heavy atom. The summed E-state index contributed by atoms with van der Waals surface area (Å²) in [6.45, 7) is 0.971. The van der Waals surface area contributed by atoms with Crippen molar-refractivity contribution in [2.75, 3.05) is 34.3 Å². The molecule has 6 nitrogen and oxygen atoms in total. The number of carbonyl (C=O) groups is 2. The molecular weight excluding hydrogens is 332 g/mol. The van der Waals surface area contributed by atoms with Crippen molar-refractivity contribution >= 4 is 11.9 Å². The molecule has 0 radical (unpaired) electrons. The maximum atomic E-state index is 13.7. The van der Waals surface area contributed by atoms with Crippen LogP contribution in [0.4, 0.5) is 13.6 Å². The molecule has 1 atom stereocenters. The van der Waals surface area contributed by atoms with Crippen LogP contribution < -0.4 is 10.1 Å². The van der Waals surface area contributed by atoms with Crippen molar-refractivity contribution in [3.8, 4) is 5.75 Å². The molecular formula is C17H23F2N3O3. The van der Waals surface area contributed by atoms with Gasteiger partial charge in [0.05, 0.1) is 13.0 Å². The van der Waals surface area contributed by atoms with Crippen molar-refractivity contribution in [2.45, 2.75) is 19.4 Å². The lowest BCUT2D eigenvalue weighted by Crippen LogP contribution is -2.48. The Balaban J connectivity index is 1.95. The van der Waals surface area contributed by atoms with Crippen molar-refractivity contribution in [1.29, 1.82) is 0 Å². The van der Waals surface area contributed by atoms with E-state index in [4.69, 9.17) is 0 Å². The van der Waals surface area contributed by atoms with Crippen LogP contribution in [-0.4, -0.2) is 56.0 Å². The van der Waals surface area contributed by atoms with E-state index in [0.29, 0.717) is 25.1 Å². The fourth-order valence-corrected chi connectivity index (χ4v) is 2.89. The second-order valence-electron chi connectivity index (χ2n) is 6.27. The maximum absolute atomic E-state index is 13.7.